The number of aryl methyl sites for hydroxylation is 1. The highest BCUT2D eigenvalue weighted by atomic mass is 19.1. The molecule has 1 amide bonds. The molecule has 0 spiro atoms. The predicted molar refractivity (Wildman–Crippen MR) is 85.4 cm³/mol. The van der Waals surface area contributed by atoms with Crippen molar-refractivity contribution in [2.45, 2.75) is 6.04 Å². The summed E-state index contributed by atoms with van der Waals surface area (Å²) in [5, 5.41) is 6.08. The predicted octanol–water partition coefficient (Wildman–Crippen LogP) is 1.14. The highest BCUT2D eigenvalue weighted by Crippen LogP contribution is 2.20. The van der Waals surface area contributed by atoms with E-state index in [4.69, 9.17) is 0 Å². The van der Waals surface area contributed by atoms with Gasteiger partial charge in [0.15, 0.2) is 0 Å². The lowest BCUT2D eigenvalue weighted by Crippen LogP contribution is -2.49. The van der Waals surface area contributed by atoms with Crippen LogP contribution in [0.5, 0.6) is 0 Å². The summed E-state index contributed by atoms with van der Waals surface area (Å²) in [5.41, 5.74) is 0.471. The molecule has 2 heterocycles. The second-order valence-corrected chi connectivity index (χ2v) is 5.65. The van der Waals surface area contributed by atoms with Gasteiger partial charge in [-0.15, -0.1) is 0 Å². The molecule has 0 radical (unpaired) electrons. The molecule has 122 valence electrons. The molecule has 0 aliphatic carbocycles. The standard InChI is InChI=1S/C16H20FN5O/c1-21-7-6-19-16(21)14-10-18-5-8-22(14)11-15(23)20-13-4-2-3-12(17)9-13/h2-4,6-7,9,14,18H,5,8,10-11H2,1H3,(H,20,23). The third-order valence-electron chi connectivity index (χ3n) is 3.97. The van der Waals surface area contributed by atoms with Gasteiger partial charge in [-0.2, -0.15) is 0 Å². The van der Waals surface area contributed by atoms with Crippen molar-refractivity contribution in [2.75, 3.05) is 31.5 Å². The Labute approximate surface area is 134 Å². The number of nitrogens with one attached hydrogen (secondary N) is 2. The molecule has 2 N–H and O–H groups in total. The van der Waals surface area contributed by atoms with Crippen LogP contribution in [-0.2, 0) is 11.8 Å². The maximum absolute atomic E-state index is 13.2. The zero-order valence-corrected chi connectivity index (χ0v) is 13.0. The quantitative estimate of drug-likeness (QED) is 0.888. The van der Waals surface area contributed by atoms with E-state index >= 15 is 0 Å². The summed E-state index contributed by atoms with van der Waals surface area (Å²) in [4.78, 5) is 18.8. The SMILES string of the molecule is Cn1ccnc1C1CNCCN1CC(=O)Nc1cccc(F)c1. The molecule has 0 bridgehead atoms. The van der Waals surface area contributed by atoms with E-state index in [1.54, 1.807) is 18.3 Å². The van der Waals surface area contributed by atoms with Gasteiger partial charge in [-0.25, -0.2) is 9.37 Å². The first-order valence-corrected chi connectivity index (χ1v) is 7.61. The summed E-state index contributed by atoms with van der Waals surface area (Å²) in [5.74, 6) is 0.406. The van der Waals surface area contributed by atoms with Crippen LogP contribution in [0.2, 0.25) is 0 Å². The normalized spacial score (nSPS) is 18.8. The van der Waals surface area contributed by atoms with Crippen molar-refractivity contribution in [2.24, 2.45) is 7.05 Å². The van der Waals surface area contributed by atoms with Crippen molar-refractivity contribution < 1.29 is 9.18 Å². The monoisotopic (exact) mass is 317 g/mol. The molecule has 1 saturated heterocycles. The molecule has 0 saturated carbocycles. The minimum atomic E-state index is -0.365. The first-order chi connectivity index (χ1) is 11.1. The summed E-state index contributed by atoms with van der Waals surface area (Å²) >= 11 is 0. The van der Waals surface area contributed by atoms with Gasteiger partial charge in [-0.3, -0.25) is 9.69 Å². The minimum absolute atomic E-state index is 0.0435. The van der Waals surface area contributed by atoms with E-state index in [1.165, 1.54) is 12.1 Å². The van der Waals surface area contributed by atoms with Crippen LogP contribution in [0.4, 0.5) is 10.1 Å². The number of piperazine rings is 1. The Hall–Kier alpha value is -2.25. The molecule has 3 rings (SSSR count). The van der Waals surface area contributed by atoms with Crippen molar-refractivity contribution in [3.05, 3.63) is 48.3 Å². The molecular formula is C16H20FN5O. The molecule has 1 aliphatic rings. The zero-order valence-electron chi connectivity index (χ0n) is 13.0. The number of anilines is 1. The first-order valence-electron chi connectivity index (χ1n) is 7.61. The van der Waals surface area contributed by atoms with Gasteiger partial charge in [0.1, 0.15) is 11.6 Å². The van der Waals surface area contributed by atoms with Crippen LogP contribution in [-0.4, -0.2) is 46.5 Å². The lowest BCUT2D eigenvalue weighted by molar-refractivity contribution is -0.118. The molecule has 23 heavy (non-hydrogen) atoms. The fourth-order valence-corrected chi connectivity index (χ4v) is 2.84. The van der Waals surface area contributed by atoms with Gasteiger partial charge >= 0.3 is 0 Å². The second-order valence-electron chi connectivity index (χ2n) is 5.65. The Morgan fingerprint density at radius 3 is 3.13 bits per heavy atom. The van der Waals surface area contributed by atoms with Gasteiger partial charge in [0.05, 0.1) is 12.6 Å². The van der Waals surface area contributed by atoms with Crippen molar-refractivity contribution in [3.8, 4) is 0 Å². The average Bonchev–Trinajstić information content (AvgIpc) is 2.94. The van der Waals surface area contributed by atoms with Crippen molar-refractivity contribution in [1.29, 1.82) is 0 Å². The molecule has 1 fully saturated rings. The Morgan fingerprint density at radius 2 is 2.39 bits per heavy atom. The number of imidazole rings is 1. The number of aromatic nitrogens is 2. The molecule has 1 aromatic heterocycles. The summed E-state index contributed by atoms with van der Waals surface area (Å²) in [6.45, 7) is 2.58. The fourth-order valence-electron chi connectivity index (χ4n) is 2.84. The van der Waals surface area contributed by atoms with E-state index in [0.717, 1.165) is 25.5 Å². The number of benzene rings is 1. The Kier molecular flexibility index (Phi) is 4.68. The molecule has 7 heteroatoms. The molecule has 1 aliphatic heterocycles. The van der Waals surface area contributed by atoms with E-state index in [-0.39, 0.29) is 24.3 Å². The lowest BCUT2D eigenvalue weighted by atomic mass is 10.1. The van der Waals surface area contributed by atoms with E-state index in [0.29, 0.717) is 5.69 Å². The van der Waals surface area contributed by atoms with Crippen LogP contribution in [0, 0.1) is 5.82 Å². The van der Waals surface area contributed by atoms with Crippen molar-refractivity contribution in [3.63, 3.8) is 0 Å². The van der Waals surface area contributed by atoms with Crippen molar-refractivity contribution >= 4 is 11.6 Å². The molecule has 1 aromatic carbocycles. The largest absolute Gasteiger partial charge is 0.337 e. The number of hydrogen-bond donors (Lipinski definition) is 2. The molecule has 2 aromatic rings. The van der Waals surface area contributed by atoms with E-state index in [9.17, 15) is 9.18 Å². The zero-order chi connectivity index (χ0) is 16.2. The number of amides is 1. The Balaban J connectivity index is 1.67. The van der Waals surface area contributed by atoms with Gasteiger partial charge in [0.25, 0.3) is 0 Å². The third kappa shape index (κ3) is 3.75. The number of carbonyl (C=O) groups is 1. The summed E-state index contributed by atoms with van der Waals surface area (Å²) in [7, 11) is 1.95. The third-order valence-corrected chi connectivity index (χ3v) is 3.97. The second kappa shape index (κ2) is 6.89. The lowest BCUT2D eigenvalue weighted by Gasteiger charge is -2.35. The van der Waals surface area contributed by atoms with Crippen LogP contribution in [0.15, 0.2) is 36.7 Å². The average molecular weight is 317 g/mol. The number of halogens is 1. The topological polar surface area (TPSA) is 62.2 Å². The van der Waals surface area contributed by atoms with Gasteiger partial charge in [0, 0.05) is 44.8 Å². The fraction of sp³-hybridized carbons (Fsp3) is 0.375. The van der Waals surface area contributed by atoms with Crippen LogP contribution in [0.25, 0.3) is 0 Å². The van der Waals surface area contributed by atoms with Crippen LogP contribution >= 0.6 is 0 Å². The Bertz CT molecular complexity index is 687. The smallest absolute Gasteiger partial charge is 0.238 e. The van der Waals surface area contributed by atoms with E-state index in [1.807, 2.05) is 17.8 Å². The number of hydrogen-bond acceptors (Lipinski definition) is 4. The highest BCUT2D eigenvalue weighted by molar-refractivity contribution is 5.92. The summed E-state index contributed by atoms with van der Waals surface area (Å²) in [6, 6.07) is 5.96. The van der Waals surface area contributed by atoms with Crippen LogP contribution in [0.3, 0.4) is 0 Å². The maximum Gasteiger partial charge on any atom is 0.238 e. The number of carbonyl (C=O) groups excluding carboxylic acids is 1. The maximum atomic E-state index is 13.2. The summed E-state index contributed by atoms with van der Waals surface area (Å²) < 4.78 is 15.2. The highest BCUT2D eigenvalue weighted by Gasteiger charge is 2.28. The van der Waals surface area contributed by atoms with Crippen LogP contribution in [0.1, 0.15) is 11.9 Å². The molecule has 1 unspecified atom stereocenters. The molecule has 6 nitrogen and oxygen atoms in total. The first kappa shape index (κ1) is 15.6. The summed E-state index contributed by atoms with van der Waals surface area (Å²) in [6.07, 6.45) is 3.66. The van der Waals surface area contributed by atoms with Crippen LogP contribution < -0.4 is 10.6 Å². The van der Waals surface area contributed by atoms with Gasteiger partial charge < -0.3 is 15.2 Å². The van der Waals surface area contributed by atoms with E-state index < -0.39 is 0 Å². The van der Waals surface area contributed by atoms with Gasteiger partial charge in [0.2, 0.25) is 5.91 Å². The van der Waals surface area contributed by atoms with Gasteiger partial charge in [-0.1, -0.05) is 6.07 Å². The molecule has 1 atom stereocenters. The van der Waals surface area contributed by atoms with Gasteiger partial charge in [-0.05, 0) is 18.2 Å². The number of nitrogens with zero attached hydrogens (tertiary/aromatic N) is 3. The van der Waals surface area contributed by atoms with E-state index in [2.05, 4.69) is 20.5 Å². The minimum Gasteiger partial charge on any atom is -0.337 e. The Morgan fingerprint density at radius 1 is 1.52 bits per heavy atom. The van der Waals surface area contributed by atoms with Crippen molar-refractivity contribution in [1.82, 2.24) is 19.8 Å². The number of rotatable bonds is 4. The molecular weight excluding hydrogens is 297 g/mol.